The van der Waals surface area contributed by atoms with Crippen LogP contribution in [-0.4, -0.2) is 31.1 Å². The van der Waals surface area contributed by atoms with E-state index in [-0.39, 0.29) is 6.03 Å². The Balaban J connectivity index is 2.59. The summed E-state index contributed by atoms with van der Waals surface area (Å²) in [6.07, 6.45) is 0. The molecule has 4 nitrogen and oxygen atoms in total. The van der Waals surface area contributed by atoms with Crippen LogP contribution in [0, 0.1) is 5.92 Å². The highest BCUT2D eigenvalue weighted by Gasteiger charge is 2.10. The molecular weight excluding hydrogens is 250 g/mol. The van der Waals surface area contributed by atoms with Crippen LogP contribution < -0.4 is 10.6 Å². The van der Waals surface area contributed by atoms with Crippen molar-refractivity contribution in [1.82, 2.24) is 10.2 Å². The van der Waals surface area contributed by atoms with Gasteiger partial charge in [0.15, 0.2) is 0 Å². The zero-order chi connectivity index (χ0) is 15.1. The minimum absolute atomic E-state index is 0.0637. The number of carbonyl (C=O) groups excluding carboxylic acids is 1. The molecular formula is C16H27N3O. The third-order valence-electron chi connectivity index (χ3n) is 3.16. The number of amides is 2. The Kier molecular flexibility index (Phi) is 6.52. The lowest BCUT2D eigenvalue weighted by Gasteiger charge is -2.20. The Morgan fingerprint density at radius 1 is 1.20 bits per heavy atom. The predicted octanol–water partition coefficient (Wildman–Crippen LogP) is 3.48. The van der Waals surface area contributed by atoms with Crippen molar-refractivity contribution in [2.24, 2.45) is 5.92 Å². The minimum Gasteiger partial charge on any atom is -0.327 e. The van der Waals surface area contributed by atoms with E-state index in [0.29, 0.717) is 12.0 Å². The Morgan fingerprint density at radius 3 is 2.30 bits per heavy atom. The second-order valence-electron chi connectivity index (χ2n) is 5.61. The molecule has 0 aliphatic rings. The zero-order valence-corrected chi connectivity index (χ0v) is 13.2. The van der Waals surface area contributed by atoms with E-state index in [1.54, 1.807) is 4.90 Å². The standard InChI is InChI=1S/C16H27N3O/c1-6-17-13(4)14-7-9-15(10-8-14)18-16(20)19(5)11-12(2)3/h7-10,12-13,17H,6,11H2,1-5H3,(H,18,20). The van der Waals surface area contributed by atoms with Gasteiger partial charge in [-0.15, -0.1) is 0 Å². The van der Waals surface area contributed by atoms with Crippen molar-refractivity contribution in [1.29, 1.82) is 0 Å². The minimum atomic E-state index is -0.0637. The van der Waals surface area contributed by atoms with Gasteiger partial charge in [0.2, 0.25) is 0 Å². The van der Waals surface area contributed by atoms with E-state index in [0.717, 1.165) is 18.8 Å². The summed E-state index contributed by atoms with van der Waals surface area (Å²) >= 11 is 0. The molecule has 2 amide bonds. The molecule has 0 spiro atoms. The summed E-state index contributed by atoms with van der Waals surface area (Å²) < 4.78 is 0. The van der Waals surface area contributed by atoms with Crippen molar-refractivity contribution < 1.29 is 4.79 Å². The number of hydrogen-bond donors (Lipinski definition) is 2. The lowest BCUT2D eigenvalue weighted by molar-refractivity contribution is 0.217. The van der Waals surface area contributed by atoms with Gasteiger partial charge in [-0.25, -0.2) is 4.79 Å². The Hall–Kier alpha value is -1.55. The number of hydrogen-bond acceptors (Lipinski definition) is 2. The van der Waals surface area contributed by atoms with Crippen LogP contribution >= 0.6 is 0 Å². The first-order valence-corrected chi connectivity index (χ1v) is 7.29. The maximum absolute atomic E-state index is 12.0. The van der Waals surface area contributed by atoms with E-state index in [1.807, 2.05) is 31.3 Å². The molecule has 112 valence electrons. The van der Waals surface area contributed by atoms with Crippen LogP contribution in [0.2, 0.25) is 0 Å². The van der Waals surface area contributed by atoms with E-state index < -0.39 is 0 Å². The van der Waals surface area contributed by atoms with Gasteiger partial charge in [-0.05, 0) is 37.1 Å². The lowest BCUT2D eigenvalue weighted by Crippen LogP contribution is -2.34. The lowest BCUT2D eigenvalue weighted by atomic mass is 10.1. The van der Waals surface area contributed by atoms with Crippen molar-refractivity contribution in [2.45, 2.75) is 33.7 Å². The first-order valence-electron chi connectivity index (χ1n) is 7.29. The van der Waals surface area contributed by atoms with Crippen molar-refractivity contribution in [3.05, 3.63) is 29.8 Å². The highest BCUT2D eigenvalue weighted by Crippen LogP contribution is 2.16. The monoisotopic (exact) mass is 277 g/mol. The molecule has 1 aromatic carbocycles. The topological polar surface area (TPSA) is 44.4 Å². The van der Waals surface area contributed by atoms with Gasteiger partial charge in [-0.3, -0.25) is 0 Å². The maximum atomic E-state index is 12.0. The Bertz CT molecular complexity index is 414. The molecule has 0 saturated heterocycles. The first-order chi connectivity index (χ1) is 9.43. The number of carbonyl (C=O) groups is 1. The quantitative estimate of drug-likeness (QED) is 0.836. The first kappa shape index (κ1) is 16.5. The molecule has 0 bridgehead atoms. The van der Waals surface area contributed by atoms with Gasteiger partial charge in [-0.2, -0.15) is 0 Å². The molecule has 0 aliphatic heterocycles. The van der Waals surface area contributed by atoms with E-state index in [9.17, 15) is 4.79 Å². The van der Waals surface area contributed by atoms with Gasteiger partial charge >= 0.3 is 6.03 Å². The van der Waals surface area contributed by atoms with Crippen LogP contribution in [0.15, 0.2) is 24.3 Å². The fourth-order valence-electron chi connectivity index (χ4n) is 2.13. The summed E-state index contributed by atoms with van der Waals surface area (Å²) in [5.74, 6) is 0.467. The summed E-state index contributed by atoms with van der Waals surface area (Å²) in [5, 5.41) is 6.28. The number of benzene rings is 1. The SMILES string of the molecule is CCNC(C)c1ccc(NC(=O)N(C)CC(C)C)cc1. The van der Waals surface area contributed by atoms with E-state index in [2.05, 4.69) is 38.3 Å². The third-order valence-corrected chi connectivity index (χ3v) is 3.16. The van der Waals surface area contributed by atoms with E-state index >= 15 is 0 Å². The Labute approximate surface area is 122 Å². The highest BCUT2D eigenvalue weighted by atomic mass is 16.2. The highest BCUT2D eigenvalue weighted by molar-refractivity contribution is 5.89. The van der Waals surface area contributed by atoms with Crippen LogP contribution in [0.25, 0.3) is 0 Å². The molecule has 0 saturated carbocycles. The van der Waals surface area contributed by atoms with Gasteiger partial charge in [0.25, 0.3) is 0 Å². The average Bonchev–Trinajstić information content (AvgIpc) is 2.39. The second-order valence-corrected chi connectivity index (χ2v) is 5.61. The Morgan fingerprint density at radius 2 is 1.80 bits per heavy atom. The van der Waals surface area contributed by atoms with Gasteiger partial charge < -0.3 is 15.5 Å². The van der Waals surface area contributed by atoms with E-state index in [4.69, 9.17) is 0 Å². The molecule has 0 heterocycles. The number of urea groups is 1. The summed E-state index contributed by atoms with van der Waals surface area (Å²) in [5.41, 5.74) is 2.05. The van der Waals surface area contributed by atoms with Crippen LogP contribution in [0.5, 0.6) is 0 Å². The second kappa shape index (κ2) is 7.90. The molecule has 1 atom stereocenters. The molecule has 1 rings (SSSR count). The van der Waals surface area contributed by atoms with Crippen LogP contribution in [-0.2, 0) is 0 Å². The fourth-order valence-corrected chi connectivity index (χ4v) is 2.13. The maximum Gasteiger partial charge on any atom is 0.321 e. The predicted molar refractivity (Wildman–Crippen MR) is 85.0 cm³/mol. The smallest absolute Gasteiger partial charge is 0.321 e. The van der Waals surface area contributed by atoms with Gasteiger partial charge in [-0.1, -0.05) is 32.9 Å². The van der Waals surface area contributed by atoms with Crippen LogP contribution in [0.1, 0.15) is 39.3 Å². The molecule has 0 radical (unpaired) electrons. The molecule has 20 heavy (non-hydrogen) atoms. The van der Waals surface area contributed by atoms with Crippen LogP contribution in [0.3, 0.4) is 0 Å². The summed E-state index contributed by atoms with van der Waals surface area (Å²) in [6, 6.07) is 8.25. The molecule has 0 fully saturated rings. The van der Waals surface area contributed by atoms with Crippen molar-refractivity contribution in [3.8, 4) is 0 Å². The van der Waals surface area contributed by atoms with E-state index in [1.165, 1.54) is 5.56 Å². The summed E-state index contributed by atoms with van der Waals surface area (Å²) in [4.78, 5) is 13.7. The van der Waals surface area contributed by atoms with Gasteiger partial charge in [0.05, 0.1) is 0 Å². The number of nitrogens with zero attached hydrogens (tertiary/aromatic N) is 1. The molecule has 0 aliphatic carbocycles. The average molecular weight is 277 g/mol. The van der Waals surface area contributed by atoms with Crippen LogP contribution in [0.4, 0.5) is 10.5 Å². The normalized spacial score (nSPS) is 12.3. The number of rotatable bonds is 6. The fraction of sp³-hybridized carbons (Fsp3) is 0.562. The zero-order valence-electron chi connectivity index (χ0n) is 13.2. The van der Waals surface area contributed by atoms with Crippen molar-refractivity contribution in [2.75, 3.05) is 25.5 Å². The molecule has 1 unspecified atom stereocenters. The number of anilines is 1. The molecule has 2 N–H and O–H groups in total. The van der Waals surface area contributed by atoms with Crippen molar-refractivity contribution in [3.63, 3.8) is 0 Å². The largest absolute Gasteiger partial charge is 0.327 e. The summed E-state index contributed by atoms with van der Waals surface area (Å²) in [6.45, 7) is 10.1. The summed E-state index contributed by atoms with van der Waals surface area (Å²) in [7, 11) is 1.82. The van der Waals surface area contributed by atoms with Crippen molar-refractivity contribution >= 4 is 11.7 Å². The molecule has 0 aromatic heterocycles. The molecule has 4 heteroatoms. The molecule has 1 aromatic rings. The van der Waals surface area contributed by atoms with Gasteiger partial charge in [0.1, 0.15) is 0 Å². The third kappa shape index (κ3) is 5.21. The van der Waals surface area contributed by atoms with Gasteiger partial charge in [0, 0.05) is 25.3 Å². The number of nitrogens with one attached hydrogen (secondary N) is 2.